The highest BCUT2D eigenvalue weighted by atomic mass is 16.7. The summed E-state index contributed by atoms with van der Waals surface area (Å²) in [6, 6.07) is 3.02. The van der Waals surface area contributed by atoms with Crippen molar-refractivity contribution < 1.29 is 19.4 Å². The van der Waals surface area contributed by atoms with Gasteiger partial charge >= 0.3 is 5.97 Å². The minimum Gasteiger partial charge on any atom is -0.480 e. The first kappa shape index (κ1) is 14.7. The molecule has 0 saturated heterocycles. The van der Waals surface area contributed by atoms with Gasteiger partial charge in [0.2, 0.25) is 6.79 Å². The zero-order valence-corrected chi connectivity index (χ0v) is 13.0. The van der Waals surface area contributed by atoms with Crippen molar-refractivity contribution in [2.24, 2.45) is 5.92 Å². The molecule has 0 amide bonds. The molecule has 2 aromatic rings. The van der Waals surface area contributed by atoms with Gasteiger partial charge in [0.05, 0.1) is 11.0 Å². The van der Waals surface area contributed by atoms with Crippen molar-refractivity contribution in [2.75, 3.05) is 6.79 Å². The molecule has 1 aromatic carbocycles. The van der Waals surface area contributed by atoms with E-state index in [1.807, 2.05) is 30.5 Å². The highest BCUT2D eigenvalue weighted by molar-refractivity contribution is 5.84. The van der Waals surface area contributed by atoms with Crippen LogP contribution >= 0.6 is 0 Å². The lowest BCUT2D eigenvalue weighted by Crippen LogP contribution is -2.25. The molecule has 0 fully saturated rings. The number of aryl methyl sites for hydroxylation is 1. The number of rotatable bonds is 5. The Balaban J connectivity index is 2.24. The summed E-state index contributed by atoms with van der Waals surface area (Å²) < 4.78 is 12.6. The first-order chi connectivity index (χ1) is 10.5. The van der Waals surface area contributed by atoms with Gasteiger partial charge < -0.3 is 19.1 Å². The van der Waals surface area contributed by atoms with E-state index in [-0.39, 0.29) is 12.7 Å². The minimum absolute atomic E-state index is 0.0454. The summed E-state index contributed by atoms with van der Waals surface area (Å²) in [4.78, 5) is 16.4. The molecule has 0 spiro atoms. The quantitative estimate of drug-likeness (QED) is 0.919. The van der Waals surface area contributed by atoms with Gasteiger partial charge in [0.15, 0.2) is 11.5 Å². The van der Waals surface area contributed by atoms with Crippen LogP contribution in [0.25, 0.3) is 11.0 Å². The second-order valence-corrected chi connectivity index (χ2v) is 5.87. The lowest BCUT2D eigenvalue weighted by Gasteiger charge is -2.21. The van der Waals surface area contributed by atoms with Crippen LogP contribution in [-0.4, -0.2) is 27.4 Å². The molecule has 3 rings (SSSR count). The summed E-state index contributed by atoms with van der Waals surface area (Å²) in [6.07, 6.45) is 1.64. The molecule has 22 heavy (non-hydrogen) atoms. The van der Waals surface area contributed by atoms with Gasteiger partial charge in [-0.05, 0) is 12.3 Å². The Labute approximate surface area is 128 Å². The number of fused-ring (bicyclic) bond motifs is 2. The molecule has 0 saturated carbocycles. The number of benzene rings is 1. The molecule has 1 atom stereocenters. The zero-order valence-electron chi connectivity index (χ0n) is 13.0. The maximum Gasteiger partial charge on any atom is 0.327 e. The number of ether oxygens (including phenoxy) is 2. The van der Waals surface area contributed by atoms with Crippen LogP contribution in [-0.2, 0) is 11.2 Å². The van der Waals surface area contributed by atoms with Crippen LogP contribution in [0.5, 0.6) is 11.5 Å². The van der Waals surface area contributed by atoms with Crippen LogP contribution < -0.4 is 9.47 Å². The van der Waals surface area contributed by atoms with Gasteiger partial charge in [-0.25, -0.2) is 9.78 Å². The highest BCUT2D eigenvalue weighted by Crippen LogP contribution is 2.38. The van der Waals surface area contributed by atoms with Crippen LogP contribution in [0.2, 0.25) is 0 Å². The molecule has 1 aliphatic heterocycles. The molecular weight excluding hydrogens is 284 g/mol. The number of aliphatic carboxylic acids is 1. The first-order valence-electron chi connectivity index (χ1n) is 7.56. The Hall–Kier alpha value is -2.24. The molecule has 0 bridgehead atoms. The van der Waals surface area contributed by atoms with E-state index in [1.54, 1.807) is 0 Å². The standard InChI is InChI=1S/C16H20N2O4/c1-4-5-14-17-10-6-12-13(22-8-21-12)7-11(10)18(14)15(9(2)3)16(19)20/h6-7,9,15H,4-5,8H2,1-3H3,(H,19,20). The Morgan fingerprint density at radius 3 is 2.64 bits per heavy atom. The molecule has 118 valence electrons. The van der Waals surface area contributed by atoms with Crippen molar-refractivity contribution >= 4 is 17.0 Å². The van der Waals surface area contributed by atoms with Crippen molar-refractivity contribution in [3.63, 3.8) is 0 Å². The van der Waals surface area contributed by atoms with Crippen molar-refractivity contribution in [3.8, 4) is 11.5 Å². The van der Waals surface area contributed by atoms with Gasteiger partial charge in [0.25, 0.3) is 0 Å². The van der Waals surface area contributed by atoms with Crippen molar-refractivity contribution in [1.29, 1.82) is 0 Å². The molecule has 0 aliphatic carbocycles. The number of aromatic nitrogens is 2. The van der Waals surface area contributed by atoms with E-state index in [0.717, 1.165) is 29.7 Å². The maximum absolute atomic E-state index is 11.8. The third-order valence-electron chi connectivity index (χ3n) is 3.89. The minimum atomic E-state index is -0.843. The fourth-order valence-corrected chi connectivity index (χ4v) is 2.94. The van der Waals surface area contributed by atoms with Crippen LogP contribution in [0.1, 0.15) is 39.1 Å². The summed E-state index contributed by atoms with van der Waals surface area (Å²) in [5, 5.41) is 9.66. The second kappa shape index (κ2) is 5.51. The summed E-state index contributed by atoms with van der Waals surface area (Å²) in [5.74, 6) is 1.21. The van der Waals surface area contributed by atoms with Crippen LogP contribution in [0.4, 0.5) is 0 Å². The number of hydrogen-bond acceptors (Lipinski definition) is 4. The summed E-state index contributed by atoms with van der Waals surface area (Å²) in [7, 11) is 0. The van der Waals surface area contributed by atoms with E-state index in [4.69, 9.17) is 9.47 Å². The summed E-state index contributed by atoms with van der Waals surface area (Å²) in [5.41, 5.74) is 1.54. The van der Waals surface area contributed by atoms with E-state index in [9.17, 15) is 9.90 Å². The lowest BCUT2D eigenvalue weighted by molar-refractivity contribution is -0.142. The van der Waals surface area contributed by atoms with E-state index in [2.05, 4.69) is 11.9 Å². The normalized spacial score (nSPS) is 14.7. The van der Waals surface area contributed by atoms with E-state index < -0.39 is 12.0 Å². The van der Waals surface area contributed by atoms with Crippen molar-refractivity contribution in [2.45, 2.75) is 39.7 Å². The average molecular weight is 304 g/mol. The Morgan fingerprint density at radius 2 is 2.05 bits per heavy atom. The van der Waals surface area contributed by atoms with Crippen LogP contribution in [0.15, 0.2) is 12.1 Å². The van der Waals surface area contributed by atoms with Gasteiger partial charge in [-0.1, -0.05) is 20.8 Å². The van der Waals surface area contributed by atoms with Gasteiger partial charge in [-0.3, -0.25) is 0 Å². The molecule has 1 aliphatic rings. The number of carboxylic acids is 1. The second-order valence-electron chi connectivity index (χ2n) is 5.87. The molecule has 0 radical (unpaired) electrons. The molecule has 6 heteroatoms. The first-order valence-corrected chi connectivity index (χ1v) is 7.56. The smallest absolute Gasteiger partial charge is 0.327 e. The zero-order chi connectivity index (χ0) is 15.9. The topological polar surface area (TPSA) is 73.6 Å². The predicted octanol–water partition coefficient (Wildman–Crippen LogP) is 3.00. The van der Waals surface area contributed by atoms with E-state index in [0.29, 0.717) is 11.5 Å². The average Bonchev–Trinajstić information content (AvgIpc) is 3.01. The molecule has 2 heterocycles. The fraction of sp³-hybridized carbons (Fsp3) is 0.500. The van der Waals surface area contributed by atoms with Gasteiger partial charge in [-0.2, -0.15) is 0 Å². The molecule has 1 N–H and O–H groups in total. The van der Waals surface area contributed by atoms with Gasteiger partial charge in [0, 0.05) is 18.6 Å². The molecular formula is C16H20N2O4. The Kier molecular flexibility index (Phi) is 3.68. The molecule has 1 unspecified atom stereocenters. The van der Waals surface area contributed by atoms with Crippen LogP contribution in [0, 0.1) is 5.92 Å². The Bertz CT molecular complexity index is 720. The highest BCUT2D eigenvalue weighted by Gasteiger charge is 2.29. The number of carbonyl (C=O) groups is 1. The van der Waals surface area contributed by atoms with E-state index in [1.165, 1.54) is 0 Å². The number of carboxylic acid groups (broad SMARTS) is 1. The number of imidazole rings is 1. The Morgan fingerprint density at radius 1 is 1.36 bits per heavy atom. The third-order valence-corrected chi connectivity index (χ3v) is 3.89. The predicted molar refractivity (Wildman–Crippen MR) is 81.4 cm³/mol. The monoisotopic (exact) mass is 304 g/mol. The SMILES string of the molecule is CCCc1nc2cc3c(cc2n1C(C(=O)O)C(C)C)OCO3. The van der Waals surface area contributed by atoms with Gasteiger partial charge in [-0.15, -0.1) is 0 Å². The number of hydrogen-bond donors (Lipinski definition) is 1. The van der Waals surface area contributed by atoms with Gasteiger partial charge in [0.1, 0.15) is 11.9 Å². The number of nitrogens with zero attached hydrogens (tertiary/aromatic N) is 2. The lowest BCUT2D eigenvalue weighted by atomic mass is 10.0. The van der Waals surface area contributed by atoms with Crippen molar-refractivity contribution in [3.05, 3.63) is 18.0 Å². The summed E-state index contributed by atoms with van der Waals surface area (Å²) >= 11 is 0. The molecule has 6 nitrogen and oxygen atoms in total. The van der Waals surface area contributed by atoms with Crippen LogP contribution in [0.3, 0.4) is 0 Å². The summed E-state index contributed by atoms with van der Waals surface area (Å²) in [6.45, 7) is 6.07. The van der Waals surface area contributed by atoms with E-state index >= 15 is 0 Å². The fourth-order valence-electron chi connectivity index (χ4n) is 2.94. The maximum atomic E-state index is 11.8. The molecule has 1 aromatic heterocycles. The third kappa shape index (κ3) is 2.28. The largest absolute Gasteiger partial charge is 0.480 e. The van der Waals surface area contributed by atoms with Crippen molar-refractivity contribution in [1.82, 2.24) is 9.55 Å².